The minimum absolute atomic E-state index is 0.131. The number of benzene rings is 1. The second-order valence-electron chi connectivity index (χ2n) is 5.30. The lowest BCUT2D eigenvalue weighted by molar-refractivity contribution is -0.119. The highest BCUT2D eigenvalue weighted by atomic mass is 32.2. The van der Waals surface area contributed by atoms with Gasteiger partial charge in [0.1, 0.15) is 6.04 Å². The minimum atomic E-state index is -0.580. The summed E-state index contributed by atoms with van der Waals surface area (Å²) in [4.78, 5) is 26.4. The van der Waals surface area contributed by atoms with Gasteiger partial charge in [-0.15, -0.1) is 11.8 Å². The number of amides is 2. The third-order valence-corrected chi connectivity index (χ3v) is 4.58. The first kappa shape index (κ1) is 16.1. The van der Waals surface area contributed by atoms with Crippen molar-refractivity contribution in [3.05, 3.63) is 47.3 Å². The van der Waals surface area contributed by atoms with Crippen LogP contribution in [0.4, 0.5) is 5.69 Å². The van der Waals surface area contributed by atoms with E-state index in [4.69, 9.17) is 9.78 Å². The van der Waals surface area contributed by atoms with Gasteiger partial charge in [-0.3, -0.25) is 9.59 Å². The van der Waals surface area contributed by atoms with E-state index in [-0.39, 0.29) is 17.6 Å². The maximum Gasteiger partial charge on any atom is 0.293 e. The molecule has 122 valence electrons. The maximum atomic E-state index is 12.5. The fraction of sp³-hybridized carbons (Fsp3) is 0.250. The topological polar surface area (TPSA) is 99.2 Å². The van der Waals surface area contributed by atoms with Gasteiger partial charge in [0.25, 0.3) is 5.91 Å². The van der Waals surface area contributed by atoms with Gasteiger partial charge in [0.15, 0.2) is 0 Å². The predicted octanol–water partition coefficient (Wildman–Crippen LogP) is 2.01. The number of aromatic nitrogens is 1. The Labute approximate surface area is 142 Å². The lowest BCUT2D eigenvalue weighted by atomic mass is 10.2. The van der Waals surface area contributed by atoms with Crippen molar-refractivity contribution in [1.82, 2.24) is 10.1 Å². The zero-order chi connectivity index (χ0) is 17.1. The number of carbonyl (C=O) groups is 2. The molecule has 0 saturated carbocycles. The molecule has 1 fully saturated rings. The zero-order valence-corrected chi connectivity index (χ0v) is 13.7. The van der Waals surface area contributed by atoms with Crippen molar-refractivity contribution in [1.29, 1.82) is 5.26 Å². The summed E-state index contributed by atoms with van der Waals surface area (Å²) in [6, 6.07) is 9.56. The molecule has 0 unspecified atom stereocenters. The third-order valence-electron chi connectivity index (χ3n) is 3.57. The van der Waals surface area contributed by atoms with Crippen LogP contribution in [0, 0.1) is 18.3 Å². The quantitative estimate of drug-likeness (QED) is 0.916. The maximum absolute atomic E-state index is 12.5. The van der Waals surface area contributed by atoms with Crippen LogP contribution in [0.5, 0.6) is 0 Å². The molecule has 1 aliphatic heterocycles. The molecule has 0 aliphatic carbocycles. The lowest BCUT2D eigenvalue weighted by Gasteiger charge is -2.21. The first-order chi connectivity index (χ1) is 11.6. The van der Waals surface area contributed by atoms with Crippen LogP contribution in [0.2, 0.25) is 0 Å². The van der Waals surface area contributed by atoms with E-state index in [2.05, 4.69) is 10.5 Å². The summed E-state index contributed by atoms with van der Waals surface area (Å²) in [6.07, 6.45) is 0. The number of nitrogens with one attached hydrogen (secondary N) is 1. The van der Waals surface area contributed by atoms with Gasteiger partial charge in [0, 0.05) is 17.5 Å². The zero-order valence-electron chi connectivity index (χ0n) is 12.9. The molecule has 2 aromatic rings. The second kappa shape index (κ2) is 6.76. The monoisotopic (exact) mass is 342 g/mol. The van der Waals surface area contributed by atoms with Gasteiger partial charge >= 0.3 is 0 Å². The summed E-state index contributed by atoms with van der Waals surface area (Å²) in [6.45, 7) is 1.73. The van der Waals surface area contributed by atoms with Crippen LogP contribution in [0.1, 0.15) is 21.8 Å². The van der Waals surface area contributed by atoms with Crippen molar-refractivity contribution in [3.8, 4) is 6.07 Å². The van der Waals surface area contributed by atoms with Gasteiger partial charge in [-0.1, -0.05) is 5.16 Å². The van der Waals surface area contributed by atoms with Gasteiger partial charge in [0.2, 0.25) is 11.7 Å². The fourth-order valence-corrected chi connectivity index (χ4v) is 3.47. The molecule has 1 atom stereocenters. The van der Waals surface area contributed by atoms with Crippen molar-refractivity contribution in [2.75, 3.05) is 16.9 Å². The second-order valence-corrected chi connectivity index (χ2v) is 6.30. The minimum Gasteiger partial charge on any atom is -0.351 e. The standard InChI is InChI=1S/C16H14N4O3S/c1-10-6-14(23-19-10)16(22)20-9-24-8-13(20)15(21)18-12-4-2-11(7-17)3-5-12/h2-6,13H,8-9H2,1H3,(H,18,21)/t13-/m0/s1. The molecule has 3 rings (SSSR count). The molecule has 1 aromatic heterocycles. The van der Waals surface area contributed by atoms with E-state index in [1.54, 1.807) is 37.3 Å². The van der Waals surface area contributed by atoms with Crippen molar-refractivity contribution in [3.63, 3.8) is 0 Å². The Morgan fingerprint density at radius 1 is 1.42 bits per heavy atom. The molecule has 24 heavy (non-hydrogen) atoms. The average Bonchev–Trinajstić information content (AvgIpc) is 3.24. The van der Waals surface area contributed by atoms with E-state index in [1.165, 1.54) is 16.7 Å². The van der Waals surface area contributed by atoms with Gasteiger partial charge in [-0.05, 0) is 31.2 Å². The Hall–Kier alpha value is -2.79. The molecule has 7 nitrogen and oxygen atoms in total. The van der Waals surface area contributed by atoms with Crippen LogP contribution >= 0.6 is 11.8 Å². The first-order valence-electron chi connectivity index (χ1n) is 7.21. The molecule has 1 saturated heterocycles. The van der Waals surface area contributed by atoms with Crippen molar-refractivity contribution in [2.45, 2.75) is 13.0 Å². The molecular formula is C16H14N4O3S. The molecular weight excluding hydrogens is 328 g/mol. The fourth-order valence-electron chi connectivity index (χ4n) is 2.32. The molecule has 0 radical (unpaired) electrons. The van der Waals surface area contributed by atoms with Gasteiger partial charge < -0.3 is 14.7 Å². The van der Waals surface area contributed by atoms with Crippen LogP contribution in [-0.4, -0.2) is 39.5 Å². The number of hydrogen-bond acceptors (Lipinski definition) is 6. The Morgan fingerprint density at radius 2 is 2.17 bits per heavy atom. The summed E-state index contributed by atoms with van der Waals surface area (Å²) in [5.74, 6) is 0.450. The number of aryl methyl sites for hydroxylation is 1. The Morgan fingerprint density at radius 3 is 2.79 bits per heavy atom. The Bertz CT molecular complexity index is 809. The van der Waals surface area contributed by atoms with E-state index >= 15 is 0 Å². The van der Waals surface area contributed by atoms with E-state index in [0.717, 1.165) is 0 Å². The summed E-state index contributed by atoms with van der Waals surface area (Å²) >= 11 is 1.50. The van der Waals surface area contributed by atoms with Crippen LogP contribution in [0.15, 0.2) is 34.9 Å². The van der Waals surface area contributed by atoms with Crippen molar-refractivity contribution in [2.24, 2.45) is 0 Å². The summed E-state index contributed by atoms with van der Waals surface area (Å²) in [5.41, 5.74) is 1.71. The van der Waals surface area contributed by atoms with Gasteiger partial charge in [-0.2, -0.15) is 5.26 Å². The molecule has 1 N–H and O–H groups in total. The van der Waals surface area contributed by atoms with E-state index in [9.17, 15) is 9.59 Å². The van der Waals surface area contributed by atoms with Crippen molar-refractivity contribution < 1.29 is 14.1 Å². The summed E-state index contributed by atoms with van der Waals surface area (Å²) in [5, 5.41) is 15.3. The average molecular weight is 342 g/mol. The summed E-state index contributed by atoms with van der Waals surface area (Å²) in [7, 11) is 0. The normalized spacial score (nSPS) is 16.7. The van der Waals surface area contributed by atoms with Crippen LogP contribution in [0.25, 0.3) is 0 Å². The van der Waals surface area contributed by atoms with Crippen LogP contribution < -0.4 is 5.32 Å². The lowest BCUT2D eigenvalue weighted by Crippen LogP contribution is -2.44. The number of carbonyl (C=O) groups excluding carboxylic acids is 2. The van der Waals surface area contributed by atoms with Crippen LogP contribution in [0.3, 0.4) is 0 Å². The number of thioether (sulfide) groups is 1. The molecule has 0 spiro atoms. The van der Waals surface area contributed by atoms with Crippen LogP contribution in [-0.2, 0) is 4.79 Å². The predicted molar refractivity (Wildman–Crippen MR) is 88.3 cm³/mol. The van der Waals surface area contributed by atoms with Gasteiger partial charge in [0.05, 0.1) is 23.2 Å². The number of nitrogens with zero attached hydrogens (tertiary/aromatic N) is 3. The molecule has 1 aliphatic rings. The first-order valence-corrected chi connectivity index (χ1v) is 8.37. The van der Waals surface area contributed by atoms with Crippen molar-refractivity contribution >= 4 is 29.3 Å². The van der Waals surface area contributed by atoms with E-state index < -0.39 is 6.04 Å². The highest BCUT2D eigenvalue weighted by Crippen LogP contribution is 2.24. The molecule has 2 heterocycles. The third kappa shape index (κ3) is 3.26. The summed E-state index contributed by atoms with van der Waals surface area (Å²) < 4.78 is 5.00. The highest BCUT2D eigenvalue weighted by molar-refractivity contribution is 7.99. The highest BCUT2D eigenvalue weighted by Gasteiger charge is 2.36. The van der Waals surface area contributed by atoms with Gasteiger partial charge in [-0.25, -0.2) is 0 Å². The Kier molecular flexibility index (Phi) is 4.53. The number of rotatable bonds is 3. The molecule has 2 amide bonds. The number of anilines is 1. The number of nitriles is 1. The molecule has 0 bridgehead atoms. The largest absolute Gasteiger partial charge is 0.351 e. The van der Waals surface area contributed by atoms with E-state index in [0.29, 0.717) is 28.6 Å². The molecule has 1 aromatic carbocycles. The number of hydrogen-bond donors (Lipinski definition) is 1. The van der Waals surface area contributed by atoms with E-state index in [1.807, 2.05) is 6.07 Å². The Balaban J connectivity index is 1.71. The SMILES string of the molecule is Cc1cc(C(=O)N2CSC[C@H]2C(=O)Nc2ccc(C#N)cc2)on1. The molecule has 8 heteroatoms. The smallest absolute Gasteiger partial charge is 0.293 e.